The molecule has 0 amide bonds. The molecule has 5 nitrogen and oxygen atoms in total. The first-order chi connectivity index (χ1) is 34.7. The summed E-state index contributed by atoms with van der Waals surface area (Å²) in [5.41, 5.74) is 9.75. The van der Waals surface area contributed by atoms with Crippen LogP contribution in [0.25, 0.3) is 149 Å². The summed E-state index contributed by atoms with van der Waals surface area (Å²) in [5.74, 6) is 1.79. The Bertz CT molecular complexity index is 4620. The monoisotopic (exact) mass is 890 g/mol. The van der Waals surface area contributed by atoms with Crippen LogP contribution in [0.5, 0.6) is 0 Å². The SMILES string of the molecule is c1ccc(-c2nc(-c3ccc(-n4c5ccccc5c5cc6ccccc6cc54)cc3-c3cccc4oc5c6ccccc6ccc5c34)nc(-c3cccc4c5ccccc5c5ccccc5c34)n2)cc1. The maximum absolute atomic E-state index is 6.85. The molecule has 0 spiro atoms. The molecule has 5 heteroatoms. The van der Waals surface area contributed by atoms with Gasteiger partial charge in [-0.25, -0.2) is 15.0 Å². The van der Waals surface area contributed by atoms with Gasteiger partial charge >= 0.3 is 0 Å². The van der Waals surface area contributed by atoms with Crippen molar-refractivity contribution in [1.82, 2.24) is 19.5 Å². The molecule has 324 valence electrons. The third-order valence-corrected chi connectivity index (χ3v) is 14.4. The molecule has 12 aromatic carbocycles. The van der Waals surface area contributed by atoms with Gasteiger partial charge in [-0.2, -0.15) is 0 Å². The Kier molecular flexibility index (Phi) is 8.29. The van der Waals surface area contributed by atoms with Crippen LogP contribution in [-0.4, -0.2) is 19.5 Å². The van der Waals surface area contributed by atoms with Crippen molar-refractivity contribution in [1.29, 1.82) is 0 Å². The molecule has 0 bridgehead atoms. The van der Waals surface area contributed by atoms with Crippen LogP contribution in [0.2, 0.25) is 0 Å². The molecule has 0 saturated heterocycles. The van der Waals surface area contributed by atoms with E-state index in [2.05, 4.69) is 217 Å². The molecule has 70 heavy (non-hydrogen) atoms. The summed E-state index contributed by atoms with van der Waals surface area (Å²) in [6.45, 7) is 0. The zero-order valence-electron chi connectivity index (χ0n) is 37.6. The third kappa shape index (κ3) is 5.76. The predicted molar refractivity (Wildman–Crippen MR) is 291 cm³/mol. The molecule has 0 unspecified atom stereocenters. The first-order valence-electron chi connectivity index (χ1n) is 23.8. The number of furan rings is 1. The van der Waals surface area contributed by atoms with Crippen LogP contribution >= 0.6 is 0 Å². The van der Waals surface area contributed by atoms with Crippen molar-refractivity contribution in [2.45, 2.75) is 0 Å². The maximum Gasteiger partial charge on any atom is 0.164 e. The number of aromatic nitrogens is 4. The topological polar surface area (TPSA) is 56.7 Å². The second-order valence-corrected chi connectivity index (χ2v) is 18.2. The molecule has 0 saturated carbocycles. The normalized spacial score (nSPS) is 12.0. The Hall–Kier alpha value is -9.45. The van der Waals surface area contributed by atoms with Crippen molar-refractivity contribution in [3.63, 3.8) is 0 Å². The zero-order valence-corrected chi connectivity index (χ0v) is 37.6. The van der Waals surface area contributed by atoms with Gasteiger partial charge in [-0.15, -0.1) is 0 Å². The van der Waals surface area contributed by atoms with Crippen molar-refractivity contribution in [2.24, 2.45) is 0 Å². The highest BCUT2D eigenvalue weighted by Crippen LogP contribution is 2.45. The number of hydrogen-bond donors (Lipinski definition) is 0. The van der Waals surface area contributed by atoms with E-state index in [1.165, 1.54) is 37.7 Å². The van der Waals surface area contributed by atoms with Crippen LogP contribution in [0.3, 0.4) is 0 Å². The molecule has 0 fully saturated rings. The molecular formula is C65H38N4O. The van der Waals surface area contributed by atoms with E-state index < -0.39 is 0 Å². The van der Waals surface area contributed by atoms with Crippen LogP contribution in [0.1, 0.15) is 0 Å². The molecule has 15 rings (SSSR count). The molecular weight excluding hydrogens is 853 g/mol. The molecule has 0 aliphatic heterocycles. The first kappa shape index (κ1) is 38.6. The Morgan fingerprint density at radius 1 is 0.300 bits per heavy atom. The molecule has 0 atom stereocenters. The summed E-state index contributed by atoms with van der Waals surface area (Å²) >= 11 is 0. The predicted octanol–water partition coefficient (Wildman–Crippen LogP) is 17.3. The number of fused-ring (bicyclic) bond motifs is 15. The van der Waals surface area contributed by atoms with Crippen molar-refractivity contribution in [2.75, 3.05) is 0 Å². The molecule has 3 heterocycles. The van der Waals surface area contributed by atoms with Crippen molar-refractivity contribution in [3.05, 3.63) is 231 Å². The van der Waals surface area contributed by atoms with Gasteiger partial charge in [-0.3, -0.25) is 0 Å². The minimum atomic E-state index is 0.580. The van der Waals surface area contributed by atoms with Crippen LogP contribution in [-0.2, 0) is 0 Å². The summed E-state index contributed by atoms with van der Waals surface area (Å²) in [6.07, 6.45) is 0. The van der Waals surface area contributed by atoms with E-state index >= 15 is 0 Å². The van der Waals surface area contributed by atoms with Crippen LogP contribution in [0, 0.1) is 0 Å². The molecule has 0 radical (unpaired) electrons. The van der Waals surface area contributed by atoms with Crippen molar-refractivity contribution < 1.29 is 4.42 Å². The van der Waals surface area contributed by atoms with Crippen molar-refractivity contribution in [3.8, 4) is 51.0 Å². The summed E-state index contributed by atoms with van der Waals surface area (Å²) in [7, 11) is 0. The average Bonchev–Trinajstić information content (AvgIpc) is 3.98. The molecule has 0 N–H and O–H groups in total. The minimum Gasteiger partial charge on any atom is -0.455 e. The Morgan fingerprint density at radius 2 is 0.886 bits per heavy atom. The van der Waals surface area contributed by atoms with E-state index in [4.69, 9.17) is 19.4 Å². The van der Waals surface area contributed by atoms with E-state index in [0.717, 1.165) is 93.4 Å². The molecule has 3 aromatic heterocycles. The minimum absolute atomic E-state index is 0.580. The third-order valence-electron chi connectivity index (χ3n) is 14.4. The highest BCUT2D eigenvalue weighted by molar-refractivity contribution is 6.28. The maximum atomic E-state index is 6.85. The lowest BCUT2D eigenvalue weighted by atomic mass is 9.91. The highest BCUT2D eigenvalue weighted by atomic mass is 16.3. The number of nitrogens with zero attached hydrogens (tertiary/aromatic N) is 4. The Labute approximate surface area is 401 Å². The van der Waals surface area contributed by atoms with Gasteiger partial charge in [-0.1, -0.05) is 182 Å². The number of benzene rings is 12. The largest absolute Gasteiger partial charge is 0.455 e. The van der Waals surface area contributed by atoms with Gasteiger partial charge in [0.05, 0.1) is 11.0 Å². The Morgan fingerprint density at radius 3 is 1.67 bits per heavy atom. The summed E-state index contributed by atoms with van der Waals surface area (Å²) < 4.78 is 9.25. The van der Waals surface area contributed by atoms with Crippen LogP contribution in [0.4, 0.5) is 0 Å². The lowest BCUT2D eigenvalue weighted by Gasteiger charge is -2.17. The number of para-hydroxylation sites is 1. The zero-order chi connectivity index (χ0) is 45.9. The van der Waals surface area contributed by atoms with E-state index in [-0.39, 0.29) is 0 Å². The van der Waals surface area contributed by atoms with Gasteiger partial charge in [0.25, 0.3) is 0 Å². The Balaban J connectivity index is 1.05. The van der Waals surface area contributed by atoms with E-state index in [0.29, 0.717) is 17.5 Å². The molecule has 15 aromatic rings. The fourth-order valence-electron chi connectivity index (χ4n) is 11.3. The quantitative estimate of drug-likeness (QED) is 0.162. The van der Waals surface area contributed by atoms with Crippen LogP contribution in [0.15, 0.2) is 235 Å². The highest BCUT2D eigenvalue weighted by Gasteiger charge is 2.23. The fraction of sp³-hybridized carbons (Fsp3) is 0. The van der Waals surface area contributed by atoms with E-state index in [9.17, 15) is 0 Å². The first-order valence-corrected chi connectivity index (χ1v) is 23.8. The lowest BCUT2D eigenvalue weighted by molar-refractivity contribution is 0.673. The second kappa shape index (κ2) is 15.0. The summed E-state index contributed by atoms with van der Waals surface area (Å²) in [6, 6.07) is 82.2. The van der Waals surface area contributed by atoms with Gasteiger partial charge in [0.2, 0.25) is 0 Å². The van der Waals surface area contributed by atoms with Gasteiger partial charge in [-0.05, 0) is 103 Å². The molecule has 0 aliphatic carbocycles. The number of hydrogen-bond acceptors (Lipinski definition) is 4. The second-order valence-electron chi connectivity index (χ2n) is 18.2. The average molecular weight is 891 g/mol. The van der Waals surface area contributed by atoms with E-state index in [1.54, 1.807) is 0 Å². The van der Waals surface area contributed by atoms with E-state index in [1.807, 2.05) is 18.2 Å². The number of rotatable bonds is 5. The van der Waals surface area contributed by atoms with Gasteiger partial charge in [0.15, 0.2) is 17.5 Å². The molecule has 0 aliphatic rings. The summed E-state index contributed by atoms with van der Waals surface area (Å²) in [4.78, 5) is 16.4. The van der Waals surface area contributed by atoms with Gasteiger partial charge < -0.3 is 8.98 Å². The lowest BCUT2D eigenvalue weighted by Crippen LogP contribution is -2.03. The summed E-state index contributed by atoms with van der Waals surface area (Å²) in [5, 5.41) is 16.2. The standard InChI is InChI=1S/C65H38N4O/c1-2-17-40(18-3-1)63-66-64(68-65(67-63)54-29-14-27-50-47-23-9-8-22-45(47)46-24-10-11-26-49(46)60(50)54)52-35-33-43(69-57-30-13-12-25-48(57)56-36-41-19-4-5-20-42(41)37-58(56)69)38-55(52)51-28-15-31-59-61(51)53-34-32-39-16-6-7-21-44(39)62(53)70-59/h1-38H. The van der Waals surface area contributed by atoms with Gasteiger partial charge in [0.1, 0.15) is 11.2 Å². The fourth-order valence-corrected chi connectivity index (χ4v) is 11.3. The van der Waals surface area contributed by atoms with Gasteiger partial charge in [0, 0.05) is 54.7 Å². The smallest absolute Gasteiger partial charge is 0.164 e. The van der Waals surface area contributed by atoms with Crippen molar-refractivity contribution >= 4 is 97.6 Å². The van der Waals surface area contributed by atoms with Crippen LogP contribution < -0.4 is 0 Å².